The van der Waals surface area contributed by atoms with Crippen LogP contribution in [0.2, 0.25) is 0 Å². The number of ketones is 1. The van der Waals surface area contributed by atoms with E-state index in [2.05, 4.69) is 4.98 Å². The average Bonchev–Trinajstić information content (AvgIpc) is 2.89. The van der Waals surface area contributed by atoms with Gasteiger partial charge in [-0.25, -0.2) is 4.98 Å². The van der Waals surface area contributed by atoms with Crippen molar-refractivity contribution in [3.63, 3.8) is 0 Å². The minimum Gasteiger partial charge on any atom is -0.494 e. The fourth-order valence-electron chi connectivity index (χ4n) is 1.57. The molecule has 2 rings (SSSR count). The summed E-state index contributed by atoms with van der Waals surface area (Å²) in [6.45, 7) is 0. The summed E-state index contributed by atoms with van der Waals surface area (Å²) < 4.78 is 10.3. The lowest BCUT2D eigenvalue weighted by Gasteiger charge is -2.05. The molecule has 0 aliphatic heterocycles. The van der Waals surface area contributed by atoms with Crippen molar-refractivity contribution in [3.8, 4) is 5.75 Å². The summed E-state index contributed by atoms with van der Waals surface area (Å²) in [5, 5.41) is 0. The van der Waals surface area contributed by atoms with E-state index in [1.165, 1.54) is 7.11 Å². The number of methoxy groups -OCH3 is 1. The highest BCUT2D eigenvalue weighted by atomic mass is 16.5. The molecule has 0 amide bonds. The Morgan fingerprint density at radius 3 is 3.00 bits per heavy atom. The first kappa shape index (κ1) is 11.4. The maximum absolute atomic E-state index is 11.9. The number of carbonyl (C=O) groups is 1. The number of furan rings is 1. The molecule has 4 heteroatoms. The van der Waals surface area contributed by atoms with Crippen LogP contribution in [0.4, 0.5) is 0 Å². The Morgan fingerprint density at radius 1 is 1.41 bits per heavy atom. The minimum absolute atomic E-state index is 0.0427. The quantitative estimate of drug-likeness (QED) is 0.742. The van der Waals surface area contributed by atoms with Gasteiger partial charge in [0.2, 0.25) is 0 Å². The van der Waals surface area contributed by atoms with E-state index in [1.54, 1.807) is 30.7 Å². The lowest BCUT2D eigenvalue weighted by atomic mass is 10.1. The van der Waals surface area contributed by atoms with Crippen LogP contribution in [-0.2, 0) is 6.42 Å². The van der Waals surface area contributed by atoms with Crippen molar-refractivity contribution >= 4 is 5.78 Å². The molecule has 4 nitrogen and oxygen atoms in total. The maximum Gasteiger partial charge on any atom is 0.185 e. The number of aryl methyl sites for hydroxylation is 1. The Morgan fingerprint density at radius 2 is 2.29 bits per heavy atom. The van der Waals surface area contributed by atoms with E-state index in [1.807, 2.05) is 6.07 Å². The first-order chi connectivity index (χ1) is 8.31. The maximum atomic E-state index is 11.9. The lowest BCUT2D eigenvalue weighted by molar-refractivity contribution is 0.0973. The highest BCUT2D eigenvalue weighted by Gasteiger charge is 2.13. The first-order valence-electron chi connectivity index (χ1n) is 5.36. The summed E-state index contributed by atoms with van der Waals surface area (Å²) in [7, 11) is 1.53. The molecule has 0 aliphatic rings. The van der Waals surface area contributed by atoms with Crippen LogP contribution in [-0.4, -0.2) is 17.9 Å². The molecule has 0 saturated heterocycles. The van der Waals surface area contributed by atoms with Gasteiger partial charge in [-0.05, 0) is 24.3 Å². The van der Waals surface area contributed by atoms with Gasteiger partial charge in [0.1, 0.15) is 17.2 Å². The number of aromatic nitrogens is 1. The number of carbonyl (C=O) groups excluding carboxylic acids is 1. The second kappa shape index (κ2) is 5.30. The molecule has 17 heavy (non-hydrogen) atoms. The van der Waals surface area contributed by atoms with Gasteiger partial charge in [0, 0.05) is 19.0 Å². The molecular weight excluding hydrogens is 218 g/mol. The highest BCUT2D eigenvalue weighted by Crippen LogP contribution is 2.17. The van der Waals surface area contributed by atoms with Gasteiger partial charge >= 0.3 is 0 Å². The van der Waals surface area contributed by atoms with E-state index in [9.17, 15) is 4.79 Å². The zero-order valence-electron chi connectivity index (χ0n) is 9.55. The zero-order valence-corrected chi connectivity index (χ0v) is 9.55. The van der Waals surface area contributed by atoms with E-state index < -0.39 is 0 Å². The molecule has 2 aromatic rings. The lowest BCUT2D eigenvalue weighted by Crippen LogP contribution is -2.05. The van der Waals surface area contributed by atoms with Crippen LogP contribution < -0.4 is 4.74 Å². The topological polar surface area (TPSA) is 52.3 Å². The largest absolute Gasteiger partial charge is 0.494 e. The molecule has 0 spiro atoms. The van der Waals surface area contributed by atoms with E-state index in [4.69, 9.17) is 9.15 Å². The Kier molecular flexibility index (Phi) is 3.55. The number of hydrogen-bond acceptors (Lipinski definition) is 4. The predicted molar refractivity (Wildman–Crippen MR) is 62.1 cm³/mol. The molecule has 88 valence electrons. The molecule has 2 heterocycles. The van der Waals surface area contributed by atoms with Crippen molar-refractivity contribution in [2.45, 2.75) is 12.8 Å². The number of rotatable bonds is 5. The van der Waals surface area contributed by atoms with Gasteiger partial charge < -0.3 is 9.15 Å². The van der Waals surface area contributed by atoms with Crippen molar-refractivity contribution < 1.29 is 13.9 Å². The van der Waals surface area contributed by atoms with E-state index in [0.717, 1.165) is 5.76 Å². The van der Waals surface area contributed by atoms with E-state index in [-0.39, 0.29) is 5.78 Å². The number of ether oxygens (including phenoxy) is 1. The van der Waals surface area contributed by atoms with Gasteiger partial charge in [-0.1, -0.05) is 0 Å². The summed E-state index contributed by atoms with van der Waals surface area (Å²) >= 11 is 0. The zero-order chi connectivity index (χ0) is 12.1. The van der Waals surface area contributed by atoms with Gasteiger partial charge in [0.15, 0.2) is 5.78 Å². The normalized spacial score (nSPS) is 10.2. The third-order valence-electron chi connectivity index (χ3n) is 2.43. The minimum atomic E-state index is -0.0427. The monoisotopic (exact) mass is 231 g/mol. The molecule has 0 unspecified atom stereocenters. The third kappa shape index (κ3) is 2.72. The molecule has 0 radical (unpaired) electrons. The first-order valence-corrected chi connectivity index (χ1v) is 5.36. The van der Waals surface area contributed by atoms with E-state index >= 15 is 0 Å². The standard InChI is InChI=1S/C13H13NO3/c1-16-12-5-2-8-14-13(12)11(15)7-6-10-4-3-9-17-10/h2-5,8-9H,6-7H2,1H3. The summed E-state index contributed by atoms with van der Waals surface area (Å²) in [6, 6.07) is 7.12. The molecule has 0 bridgehead atoms. The van der Waals surface area contributed by atoms with Gasteiger partial charge in [0.25, 0.3) is 0 Å². The van der Waals surface area contributed by atoms with Crippen LogP contribution in [0, 0.1) is 0 Å². The molecule has 0 atom stereocenters. The van der Waals surface area contributed by atoms with Crippen LogP contribution in [0.25, 0.3) is 0 Å². The molecule has 0 N–H and O–H groups in total. The molecular formula is C13H13NO3. The predicted octanol–water partition coefficient (Wildman–Crippen LogP) is 2.50. The van der Waals surface area contributed by atoms with Crippen LogP contribution in [0.15, 0.2) is 41.1 Å². The van der Waals surface area contributed by atoms with Crippen LogP contribution in [0.5, 0.6) is 5.75 Å². The van der Waals surface area contributed by atoms with Gasteiger partial charge in [-0.2, -0.15) is 0 Å². The van der Waals surface area contributed by atoms with Crippen LogP contribution in [0.3, 0.4) is 0 Å². The van der Waals surface area contributed by atoms with Crippen LogP contribution >= 0.6 is 0 Å². The fraction of sp³-hybridized carbons (Fsp3) is 0.231. The molecule has 0 saturated carbocycles. The smallest absolute Gasteiger partial charge is 0.185 e. The van der Waals surface area contributed by atoms with Gasteiger partial charge in [-0.15, -0.1) is 0 Å². The SMILES string of the molecule is COc1cccnc1C(=O)CCc1ccco1. The number of nitrogens with zero attached hydrogens (tertiary/aromatic N) is 1. The van der Waals surface area contributed by atoms with Crippen molar-refractivity contribution in [1.29, 1.82) is 0 Å². The van der Waals surface area contributed by atoms with Crippen molar-refractivity contribution in [2.75, 3.05) is 7.11 Å². The third-order valence-corrected chi connectivity index (χ3v) is 2.43. The second-order valence-corrected chi connectivity index (χ2v) is 3.56. The Labute approximate surface area is 99.2 Å². The average molecular weight is 231 g/mol. The fourth-order valence-corrected chi connectivity index (χ4v) is 1.57. The molecule has 2 aromatic heterocycles. The van der Waals surface area contributed by atoms with Crippen molar-refractivity contribution in [1.82, 2.24) is 4.98 Å². The number of Topliss-reactive ketones (excluding diaryl/α,β-unsaturated/α-hetero) is 1. The summed E-state index contributed by atoms with van der Waals surface area (Å²) in [5.41, 5.74) is 0.376. The molecule has 0 aliphatic carbocycles. The molecule has 0 aromatic carbocycles. The Bertz CT molecular complexity index is 491. The number of hydrogen-bond donors (Lipinski definition) is 0. The summed E-state index contributed by atoms with van der Waals surface area (Å²) in [4.78, 5) is 16.0. The summed E-state index contributed by atoms with van der Waals surface area (Å²) in [6.07, 6.45) is 4.12. The van der Waals surface area contributed by atoms with Crippen LogP contribution in [0.1, 0.15) is 22.7 Å². The molecule has 0 fully saturated rings. The Balaban J connectivity index is 2.04. The van der Waals surface area contributed by atoms with Crippen molar-refractivity contribution in [3.05, 3.63) is 48.2 Å². The van der Waals surface area contributed by atoms with Gasteiger partial charge in [-0.3, -0.25) is 4.79 Å². The highest BCUT2D eigenvalue weighted by molar-refractivity contribution is 5.96. The Hall–Kier alpha value is -2.10. The van der Waals surface area contributed by atoms with Crippen molar-refractivity contribution in [2.24, 2.45) is 0 Å². The van der Waals surface area contributed by atoms with Gasteiger partial charge in [0.05, 0.1) is 13.4 Å². The second-order valence-electron chi connectivity index (χ2n) is 3.56. The van der Waals surface area contributed by atoms with E-state index in [0.29, 0.717) is 24.3 Å². The number of pyridine rings is 1. The summed E-state index contributed by atoms with van der Waals surface area (Å²) in [5.74, 6) is 1.27.